The number of phenols is 1. The third kappa shape index (κ3) is 3.04. The second kappa shape index (κ2) is 5.91. The van der Waals surface area contributed by atoms with E-state index in [9.17, 15) is 9.90 Å². The molecule has 96 valence electrons. The molecule has 0 aliphatic rings. The molecule has 2 rings (SSSR count). The van der Waals surface area contributed by atoms with Gasteiger partial charge in [-0.25, -0.2) is 4.79 Å². The van der Waals surface area contributed by atoms with Gasteiger partial charge in [0.15, 0.2) is 11.5 Å². The van der Waals surface area contributed by atoms with E-state index in [4.69, 9.17) is 9.15 Å². The SMILES string of the molecule is O=c1ccc2cc(O)c(OCCCCBr)cc2o1. The van der Waals surface area contributed by atoms with E-state index in [0.717, 1.165) is 18.2 Å². The summed E-state index contributed by atoms with van der Waals surface area (Å²) in [6.07, 6.45) is 1.89. The molecule has 5 heteroatoms. The molecule has 1 heterocycles. The first-order valence-electron chi connectivity index (χ1n) is 5.66. The van der Waals surface area contributed by atoms with Gasteiger partial charge in [0.05, 0.1) is 6.61 Å². The number of hydrogen-bond donors (Lipinski definition) is 1. The highest BCUT2D eigenvalue weighted by Gasteiger charge is 2.07. The third-order valence-corrected chi connectivity index (χ3v) is 3.05. The zero-order valence-corrected chi connectivity index (χ0v) is 11.3. The Balaban J connectivity index is 2.22. The van der Waals surface area contributed by atoms with E-state index in [-0.39, 0.29) is 5.75 Å². The van der Waals surface area contributed by atoms with Crippen molar-refractivity contribution in [3.05, 3.63) is 34.7 Å². The molecule has 0 saturated heterocycles. The van der Waals surface area contributed by atoms with Gasteiger partial charge in [0.25, 0.3) is 0 Å². The first kappa shape index (κ1) is 13.0. The molecule has 0 bridgehead atoms. The fourth-order valence-corrected chi connectivity index (χ4v) is 1.98. The maximum Gasteiger partial charge on any atom is 0.336 e. The van der Waals surface area contributed by atoms with Crippen LogP contribution in [0, 0.1) is 0 Å². The second-order valence-corrected chi connectivity index (χ2v) is 4.65. The molecule has 1 aromatic heterocycles. The first-order chi connectivity index (χ1) is 8.70. The number of hydrogen-bond acceptors (Lipinski definition) is 4. The van der Waals surface area contributed by atoms with E-state index < -0.39 is 5.63 Å². The van der Waals surface area contributed by atoms with Crippen LogP contribution in [0.4, 0.5) is 0 Å². The normalized spacial score (nSPS) is 10.7. The Morgan fingerprint density at radius 2 is 2.11 bits per heavy atom. The number of ether oxygens (including phenoxy) is 1. The molecule has 0 spiro atoms. The van der Waals surface area contributed by atoms with Gasteiger partial charge >= 0.3 is 5.63 Å². The Bertz CT molecular complexity index is 591. The summed E-state index contributed by atoms with van der Waals surface area (Å²) in [5.74, 6) is 0.390. The minimum absolute atomic E-state index is 0.0511. The first-order valence-corrected chi connectivity index (χ1v) is 6.78. The third-order valence-electron chi connectivity index (χ3n) is 2.49. The monoisotopic (exact) mass is 312 g/mol. The van der Waals surface area contributed by atoms with Crippen LogP contribution in [0.25, 0.3) is 11.0 Å². The minimum Gasteiger partial charge on any atom is -0.504 e. The van der Waals surface area contributed by atoms with Crippen molar-refractivity contribution in [1.29, 1.82) is 0 Å². The van der Waals surface area contributed by atoms with Crippen LogP contribution in [0.5, 0.6) is 11.5 Å². The van der Waals surface area contributed by atoms with Crippen molar-refractivity contribution in [3.63, 3.8) is 0 Å². The van der Waals surface area contributed by atoms with Crippen LogP contribution >= 0.6 is 15.9 Å². The number of alkyl halides is 1. The van der Waals surface area contributed by atoms with Crippen LogP contribution in [-0.2, 0) is 0 Å². The predicted molar refractivity (Wildman–Crippen MR) is 72.7 cm³/mol. The summed E-state index contributed by atoms with van der Waals surface area (Å²) in [5, 5.41) is 11.4. The number of phenolic OH excluding ortho intramolecular Hbond substituents is 1. The standard InChI is InChI=1S/C13H13BrO4/c14-5-1-2-6-17-12-8-11-9(7-10(12)15)3-4-13(16)18-11/h3-4,7-8,15H,1-2,5-6H2. The highest BCUT2D eigenvalue weighted by atomic mass is 79.9. The number of benzene rings is 1. The lowest BCUT2D eigenvalue weighted by atomic mass is 10.2. The van der Waals surface area contributed by atoms with E-state index in [1.807, 2.05) is 0 Å². The Morgan fingerprint density at radius 1 is 1.28 bits per heavy atom. The highest BCUT2D eigenvalue weighted by Crippen LogP contribution is 2.30. The van der Waals surface area contributed by atoms with Gasteiger partial charge in [0, 0.05) is 22.8 Å². The molecule has 0 aliphatic carbocycles. The molecular weight excluding hydrogens is 300 g/mol. The summed E-state index contributed by atoms with van der Waals surface area (Å²) in [6.45, 7) is 0.516. The molecule has 4 nitrogen and oxygen atoms in total. The number of halogens is 1. The zero-order valence-electron chi connectivity index (χ0n) is 9.69. The summed E-state index contributed by atoms with van der Waals surface area (Å²) in [5.41, 5.74) is -0.00535. The van der Waals surface area contributed by atoms with Gasteiger partial charge in [-0.3, -0.25) is 0 Å². The van der Waals surface area contributed by atoms with Crippen molar-refractivity contribution in [2.45, 2.75) is 12.8 Å². The van der Waals surface area contributed by atoms with Crippen LogP contribution in [0.3, 0.4) is 0 Å². The van der Waals surface area contributed by atoms with Gasteiger partial charge in [0.1, 0.15) is 5.58 Å². The van der Waals surface area contributed by atoms with E-state index in [2.05, 4.69) is 15.9 Å². The van der Waals surface area contributed by atoms with Crippen molar-refractivity contribution in [1.82, 2.24) is 0 Å². The van der Waals surface area contributed by atoms with Gasteiger partial charge in [0.2, 0.25) is 0 Å². The maximum atomic E-state index is 11.1. The molecule has 0 atom stereocenters. The molecule has 0 aliphatic heterocycles. The summed E-state index contributed by atoms with van der Waals surface area (Å²) >= 11 is 3.34. The molecule has 18 heavy (non-hydrogen) atoms. The Labute approximate surface area is 112 Å². The van der Waals surface area contributed by atoms with Crippen molar-refractivity contribution in [2.24, 2.45) is 0 Å². The van der Waals surface area contributed by atoms with Crippen molar-refractivity contribution in [2.75, 3.05) is 11.9 Å². The lowest BCUT2D eigenvalue weighted by Gasteiger charge is -2.08. The van der Waals surface area contributed by atoms with Crippen LogP contribution in [0.1, 0.15) is 12.8 Å². The van der Waals surface area contributed by atoms with Crippen molar-refractivity contribution < 1.29 is 14.3 Å². The van der Waals surface area contributed by atoms with E-state index in [1.54, 1.807) is 12.1 Å². The fourth-order valence-electron chi connectivity index (χ4n) is 1.58. The van der Waals surface area contributed by atoms with E-state index >= 15 is 0 Å². The van der Waals surface area contributed by atoms with E-state index in [0.29, 0.717) is 23.3 Å². The maximum absolute atomic E-state index is 11.1. The molecule has 1 N–H and O–H groups in total. The van der Waals surface area contributed by atoms with Gasteiger partial charge in [-0.2, -0.15) is 0 Å². The summed E-state index contributed by atoms with van der Waals surface area (Å²) < 4.78 is 10.5. The number of fused-ring (bicyclic) bond motifs is 1. The molecule has 0 unspecified atom stereocenters. The van der Waals surface area contributed by atoms with Crippen molar-refractivity contribution in [3.8, 4) is 11.5 Å². The lowest BCUT2D eigenvalue weighted by molar-refractivity contribution is 0.293. The molecular formula is C13H13BrO4. The van der Waals surface area contributed by atoms with Crippen LogP contribution in [-0.4, -0.2) is 17.0 Å². The van der Waals surface area contributed by atoms with Crippen LogP contribution in [0.2, 0.25) is 0 Å². The Kier molecular flexibility index (Phi) is 4.25. The Hall–Kier alpha value is -1.49. The van der Waals surface area contributed by atoms with E-state index in [1.165, 1.54) is 12.1 Å². The largest absolute Gasteiger partial charge is 0.504 e. The number of rotatable bonds is 5. The quantitative estimate of drug-likeness (QED) is 0.523. The van der Waals surface area contributed by atoms with Crippen LogP contribution < -0.4 is 10.4 Å². The average molecular weight is 313 g/mol. The molecule has 0 amide bonds. The molecule has 1 aromatic carbocycles. The Morgan fingerprint density at radius 3 is 2.89 bits per heavy atom. The molecule has 0 fully saturated rings. The smallest absolute Gasteiger partial charge is 0.336 e. The number of unbranched alkanes of at least 4 members (excludes halogenated alkanes) is 1. The molecule has 0 radical (unpaired) electrons. The highest BCUT2D eigenvalue weighted by molar-refractivity contribution is 9.09. The second-order valence-electron chi connectivity index (χ2n) is 3.86. The average Bonchev–Trinajstić information content (AvgIpc) is 2.35. The molecule has 2 aromatic rings. The predicted octanol–water partition coefficient (Wildman–Crippen LogP) is 3.05. The van der Waals surface area contributed by atoms with Crippen molar-refractivity contribution >= 4 is 26.9 Å². The molecule has 0 saturated carbocycles. The number of aromatic hydroxyl groups is 1. The minimum atomic E-state index is -0.418. The van der Waals surface area contributed by atoms with Gasteiger partial charge in [-0.1, -0.05) is 15.9 Å². The van der Waals surface area contributed by atoms with Crippen LogP contribution in [0.15, 0.2) is 33.5 Å². The fraction of sp³-hybridized carbons (Fsp3) is 0.308. The van der Waals surface area contributed by atoms with Gasteiger partial charge in [-0.15, -0.1) is 0 Å². The van der Waals surface area contributed by atoms with Gasteiger partial charge in [-0.05, 0) is 25.0 Å². The zero-order chi connectivity index (χ0) is 13.0. The lowest BCUT2D eigenvalue weighted by Crippen LogP contribution is -1.99. The van der Waals surface area contributed by atoms with Gasteiger partial charge < -0.3 is 14.3 Å². The summed E-state index contributed by atoms with van der Waals surface area (Å²) in [7, 11) is 0. The summed E-state index contributed by atoms with van der Waals surface area (Å²) in [4.78, 5) is 11.1. The topological polar surface area (TPSA) is 59.7 Å². The summed E-state index contributed by atoms with van der Waals surface area (Å²) in [6, 6.07) is 5.99.